The van der Waals surface area contributed by atoms with Crippen LogP contribution in [0, 0.1) is 0 Å². The van der Waals surface area contributed by atoms with Crippen LogP contribution in [-0.4, -0.2) is 45.9 Å². The maximum Gasteiger partial charge on any atom is 0.240 e. The highest BCUT2D eigenvalue weighted by atomic mass is 16.5. The van der Waals surface area contributed by atoms with Gasteiger partial charge in [0.1, 0.15) is 5.70 Å². The van der Waals surface area contributed by atoms with Crippen LogP contribution < -0.4 is 10.8 Å². The summed E-state index contributed by atoms with van der Waals surface area (Å²) in [6.45, 7) is 5.46. The van der Waals surface area contributed by atoms with Gasteiger partial charge in [-0.25, -0.2) is 0 Å². The van der Waals surface area contributed by atoms with Crippen LogP contribution in [0.1, 0.15) is 29.5 Å². The summed E-state index contributed by atoms with van der Waals surface area (Å²) >= 11 is 0. The number of benzene rings is 2. The van der Waals surface area contributed by atoms with E-state index in [0.29, 0.717) is 13.1 Å². The normalized spacial score (nSPS) is 15.6. The zero-order valence-corrected chi connectivity index (χ0v) is 19.1. The summed E-state index contributed by atoms with van der Waals surface area (Å²) in [5, 5.41) is 13.3. The second-order valence-electron chi connectivity index (χ2n) is 8.55. The maximum atomic E-state index is 13.3. The SMILES string of the molecule is C=C(NO)C(=O)/C=C/c1ccc(CN(CCc2c[nH]c3ccccc23)C(=O)[C@H]2CCCN2)cc1. The smallest absolute Gasteiger partial charge is 0.240 e. The fourth-order valence-corrected chi connectivity index (χ4v) is 4.26. The number of H-pyrrole nitrogens is 1. The van der Waals surface area contributed by atoms with Crippen molar-refractivity contribution in [3.05, 3.63) is 89.8 Å². The molecule has 3 aromatic rings. The lowest BCUT2D eigenvalue weighted by molar-refractivity contribution is -0.133. The number of allylic oxidation sites excluding steroid dienone is 1. The van der Waals surface area contributed by atoms with Gasteiger partial charge in [-0.1, -0.05) is 55.1 Å². The molecule has 1 aliphatic heterocycles. The minimum Gasteiger partial charge on any atom is -0.361 e. The molecule has 1 fully saturated rings. The fourth-order valence-electron chi connectivity index (χ4n) is 4.26. The number of rotatable bonds is 10. The van der Waals surface area contributed by atoms with Crippen molar-refractivity contribution in [3.8, 4) is 0 Å². The summed E-state index contributed by atoms with van der Waals surface area (Å²) < 4.78 is 0. The van der Waals surface area contributed by atoms with Crippen LogP contribution in [0.3, 0.4) is 0 Å². The summed E-state index contributed by atoms with van der Waals surface area (Å²) in [6, 6.07) is 15.8. The number of para-hydroxylation sites is 1. The molecule has 1 aliphatic rings. The molecule has 4 rings (SSSR count). The van der Waals surface area contributed by atoms with Gasteiger partial charge in [0.2, 0.25) is 11.7 Å². The second kappa shape index (κ2) is 11.0. The summed E-state index contributed by atoms with van der Waals surface area (Å²) in [4.78, 5) is 30.3. The molecule has 7 heteroatoms. The molecule has 176 valence electrons. The van der Waals surface area contributed by atoms with E-state index in [0.717, 1.165) is 42.5 Å². The molecule has 2 aromatic carbocycles. The average Bonchev–Trinajstić information content (AvgIpc) is 3.55. The van der Waals surface area contributed by atoms with Crippen LogP contribution >= 0.6 is 0 Å². The average molecular weight is 459 g/mol. The number of nitrogens with zero attached hydrogens (tertiary/aromatic N) is 1. The Morgan fingerprint density at radius 2 is 1.97 bits per heavy atom. The molecule has 0 bridgehead atoms. The number of aromatic amines is 1. The quantitative estimate of drug-likeness (QED) is 0.275. The van der Waals surface area contributed by atoms with Gasteiger partial charge in [0, 0.05) is 30.2 Å². The third kappa shape index (κ3) is 5.62. The molecular weight excluding hydrogens is 428 g/mol. The number of nitrogens with one attached hydrogen (secondary N) is 3. The highest BCUT2D eigenvalue weighted by molar-refractivity contribution is 6.05. The lowest BCUT2D eigenvalue weighted by Gasteiger charge is -2.26. The van der Waals surface area contributed by atoms with Crippen molar-refractivity contribution in [2.75, 3.05) is 13.1 Å². The van der Waals surface area contributed by atoms with E-state index in [2.05, 4.69) is 29.0 Å². The molecule has 1 aromatic heterocycles. The molecule has 0 spiro atoms. The molecule has 1 atom stereocenters. The number of hydrogen-bond donors (Lipinski definition) is 4. The van der Waals surface area contributed by atoms with Gasteiger partial charge in [-0.15, -0.1) is 0 Å². The first-order valence-corrected chi connectivity index (χ1v) is 11.5. The standard InChI is InChI=1S/C27H30N4O3/c1-19(30-34)26(32)13-12-20-8-10-21(11-9-20)18-31(27(33)25-7-4-15-28-25)16-14-22-17-29-24-6-3-2-5-23(22)24/h2-3,5-6,8-13,17,25,28-30,34H,1,4,7,14-16,18H2/b13-12+/t25-/m1/s1. The van der Waals surface area contributed by atoms with Crippen molar-refractivity contribution in [2.24, 2.45) is 0 Å². The molecule has 0 radical (unpaired) electrons. The van der Waals surface area contributed by atoms with Crippen molar-refractivity contribution >= 4 is 28.7 Å². The van der Waals surface area contributed by atoms with E-state index in [-0.39, 0.29) is 17.6 Å². The van der Waals surface area contributed by atoms with Crippen LogP contribution in [0.2, 0.25) is 0 Å². The van der Waals surface area contributed by atoms with Gasteiger partial charge in [0.15, 0.2) is 0 Å². The number of carbonyl (C=O) groups is 2. The van der Waals surface area contributed by atoms with Crippen LogP contribution in [0.25, 0.3) is 17.0 Å². The number of aromatic nitrogens is 1. The highest BCUT2D eigenvalue weighted by Gasteiger charge is 2.27. The Morgan fingerprint density at radius 3 is 2.71 bits per heavy atom. The van der Waals surface area contributed by atoms with Gasteiger partial charge in [0.05, 0.1) is 6.04 Å². The molecule has 1 saturated heterocycles. The first-order valence-electron chi connectivity index (χ1n) is 11.5. The maximum absolute atomic E-state index is 13.3. The lowest BCUT2D eigenvalue weighted by Crippen LogP contribution is -2.44. The zero-order valence-electron chi connectivity index (χ0n) is 19.1. The molecule has 0 aliphatic carbocycles. The van der Waals surface area contributed by atoms with E-state index in [4.69, 9.17) is 5.21 Å². The van der Waals surface area contributed by atoms with Crippen molar-refractivity contribution in [1.29, 1.82) is 0 Å². The molecule has 7 nitrogen and oxygen atoms in total. The Kier molecular flexibility index (Phi) is 7.57. The van der Waals surface area contributed by atoms with Crippen LogP contribution in [0.15, 0.2) is 73.1 Å². The molecule has 2 heterocycles. The largest absolute Gasteiger partial charge is 0.361 e. The second-order valence-corrected chi connectivity index (χ2v) is 8.55. The molecule has 1 amide bonds. The molecule has 0 unspecified atom stereocenters. The van der Waals surface area contributed by atoms with Gasteiger partial charge in [-0.2, -0.15) is 0 Å². The summed E-state index contributed by atoms with van der Waals surface area (Å²) in [6.07, 6.45) is 7.71. The Bertz CT molecular complexity index is 1190. The van der Waals surface area contributed by atoms with Crippen molar-refractivity contribution < 1.29 is 14.8 Å². The first kappa shape index (κ1) is 23.5. The van der Waals surface area contributed by atoms with E-state index in [1.807, 2.05) is 47.5 Å². The highest BCUT2D eigenvalue weighted by Crippen LogP contribution is 2.20. The predicted octanol–water partition coefficient (Wildman–Crippen LogP) is 3.57. The lowest BCUT2D eigenvalue weighted by atomic mass is 10.1. The summed E-state index contributed by atoms with van der Waals surface area (Å²) in [5.41, 5.74) is 5.85. The number of fused-ring (bicyclic) bond motifs is 1. The number of amides is 1. The minimum absolute atomic E-state index is 0.0854. The Morgan fingerprint density at radius 1 is 1.18 bits per heavy atom. The number of hydroxylamine groups is 1. The number of ketones is 1. The molecule has 34 heavy (non-hydrogen) atoms. The monoisotopic (exact) mass is 458 g/mol. The van der Waals surface area contributed by atoms with E-state index in [1.165, 1.54) is 17.0 Å². The van der Waals surface area contributed by atoms with Crippen molar-refractivity contribution in [1.82, 2.24) is 20.7 Å². The van der Waals surface area contributed by atoms with E-state index < -0.39 is 5.78 Å². The van der Waals surface area contributed by atoms with Gasteiger partial charge in [-0.3, -0.25) is 20.3 Å². The Labute approximate surface area is 199 Å². The van der Waals surface area contributed by atoms with E-state index in [9.17, 15) is 9.59 Å². The third-order valence-corrected chi connectivity index (χ3v) is 6.21. The zero-order chi connectivity index (χ0) is 23.9. The van der Waals surface area contributed by atoms with Gasteiger partial charge in [0.25, 0.3) is 0 Å². The van der Waals surface area contributed by atoms with Gasteiger partial charge >= 0.3 is 0 Å². The predicted molar refractivity (Wildman–Crippen MR) is 133 cm³/mol. The summed E-state index contributed by atoms with van der Waals surface area (Å²) in [5.74, 6) is -0.258. The van der Waals surface area contributed by atoms with Crippen LogP contribution in [0.4, 0.5) is 0 Å². The van der Waals surface area contributed by atoms with Crippen LogP contribution in [0.5, 0.6) is 0 Å². The topological polar surface area (TPSA) is 97.5 Å². The number of hydrogen-bond acceptors (Lipinski definition) is 5. The van der Waals surface area contributed by atoms with E-state index in [1.54, 1.807) is 11.6 Å². The van der Waals surface area contributed by atoms with E-state index >= 15 is 0 Å². The fraction of sp³-hybridized carbons (Fsp3) is 0.259. The van der Waals surface area contributed by atoms with Gasteiger partial charge in [-0.05, 0) is 54.6 Å². The first-order chi connectivity index (χ1) is 16.5. The Hall–Kier alpha value is -3.68. The van der Waals surface area contributed by atoms with Gasteiger partial charge < -0.3 is 15.2 Å². The summed E-state index contributed by atoms with van der Waals surface area (Å²) in [7, 11) is 0. The molecule has 4 N–H and O–H groups in total. The third-order valence-electron chi connectivity index (χ3n) is 6.21. The van der Waals surface area contributed by atoms with Crippen molar-refractivity contribution in [2.45, 2.75) is 31.8 Å². The Balaban J connectivity index is 1.45. The molecule has 0 saturated carbocycles. The number of carbonyl (C=O) groups excluding carboxylic acids is 2. The molecular formula is C27H30N4O3. The minimum atomic E-state index is -0.398. The van der Waals surface area contributed by atoms with Crippen molar-refractivity contribution in [3.63, 3.8) is 0 Å². The van der Waals surface area contributed by atoms with Crippen LogP contribution in [-0.2, 0) is 22.6 Å².